The Labute approximate surface area is 119 Å². The van der Waals surface area contributed by atoms with E-state index in [0.717, 1.165) is 0 Å². The number of nitriles is 1. The Bertz CT molecular complexity index is 499. The van der Waals surface area contributed by atoms with Gasteiger partial charge in [-0.3, -0.25) is 15.4 Å². The van der Waals surface area contributed by atoms with Crippen molar-refractivity contribution < 1.29 is 9.66 Å². The molecule has 0 saturated heterocycles. The van der Waals surface area contributed by atoms with E-state index in [1.165, 1.54) is 12.1 Å². The summed E-state index contributed by atoms with van der Waals surface area (Å²) in [6, 6.07) is 6.02. The van der Waals surface area contributed by atoms with Gasteiger partial charge >= 0.3 is 0 Å². The number of nitrogens with one attached hydrogen (secondary N) is 1. The molecule has 1 unspecified atom stereocenters. The lowest BCUT2D eigenvalue weighted by atomic mass is 10.3. The lowest BCUT2D eigenvalue weighted by molar-refractivity contribution is -0.385. The lowest BCUT2D eigenvalue weighted by Crippen LogP contribution is -2.38. The van der Waals surface area contributed by atoms with Crippen LogP contribution in [0.3, 0.4) is 0 Å². The van der Waals surface area contributed by atoms with Gasteiger partial charge in [-0.2, -0.15) is 5.26 Å². The van der Waals surface area contributed by atoms with E-state index in [0.29, 0.717) is 10.2 Å². The molecule has 0 spiro atoms. The first-order valence-electron chi connectivity index (χ1n) is 5.66. The van der Waals surface area contributed by atoms with Crippen LogP contribution in [0.25, 0.3) is 0 Å². The number of nitro groups is 1. The second kappa shape index (κ2) is 7.07. The topological polar surface area (TPSA) is 88.2 Å². The minimum atomic E-state index is -0.493. The van der Waals surface area contributed by atoms with E-state index >= 15 is 0 Å². The second-order valence-corrected chi connectivity index (χ2v) is 5.04. The summed E-state index contributed by atoms with van der Waals surface area (Å²) in [5.74, 6) is 0.347. The fourth-order valence-electron chi connectivity index (χ4n) is 1.41. The molecule has 1 aromatic rings. The third-order valence-electron chi connectivity index (χ3n) is 2.22. The zero-order chi connectivity index (χ0) is 14.4. The highest BCUT2D eigenvalue weighted by Crippen LogP contribution is 2.29. The maximum atomic E-state index is 10.7. The van der Waals surface area contributed by atoms with Crippen LogP contribution in [0.4, 0.5) is 5.69 Å². The number of rotatable bonds is 6. The standard InChI is InChI=1S/C12H14BrN3O3/c1-8(2)15-9(6-14)7-19-12-5-10(16(17)18)3-4-11(12)13/h3-5,8-9,15H,7H2,1-2H3. The largest absolute Gasteiger partial charge is 0.489 e. The molecule has 0 radical (unpaired) electrons. The molecule has 0 aliphatic carbocycles. The number of nitro benzene ring substituents is 1. The van der Waals surface area contributed by atoms with E-state index in [-0.39, 0.29) is 18.3 Å². The van der Waals surface area contributed by atoms with E-state index in [9.17, 15) is 10.1 Å². The van der Waals surface area contributed by atoms with Gasteiger partial charge in [0.1, 0.15) is 18.4 Å². The Morgan fingerprint density at radius 3 is 2.79 bits per heavy atom. The van der Waals surface area contributed by atoms with E-state index in [1.807, 2.05) is 13.8 Å². The van der Waals surface area contributed by atoms with Crippen LogP contribution < -0.4 is 10.1 Å². The van der Waals surface area contributed by atoms with Crippen LogP contribution >= 0.6 is 15.9 Å². The maximum Gasteiger partial charge on any atom is 0.273 e. The summed E-state index contributed by atoms with van der Waals surface area (Å²) in [6.07, 6.45) is 0. The number of benzene rings is 1. The summed E-state index contributed by atoms with van der Waals surface area (Å²) in [6.45, 7) is 3.97. The van der Waals surface area contributed by atoms with E-state index < -0.39 is 11.0 Å². The quantitative estimate of drug-likeness (QED) is 0.640. The van der Waals surface area contributed by atoms with Crippen LogP contribution in [0.5, 0.6) is 5.75 Å². The first-order valence-corrected chi connectivity index (χ1v) is 6.45. The SMILES string of the molecule is CC(C)NC(C#N)COc1cc([N+](=O)[O-])ccc1Br. The third-order valence-corrected chi connectivity index (χ3v) is 2.88. The highest BCUT2D eigenvalue weighted by atomic mass is 79.9. The molecule has 6 nitrogen and oxygen atoms in total. The Kier molecular flexibility index (Phi) is 5.73. The fourth-order valence-corrected chi connectivity index (χ4v) is 1.78. The molecule has 102 valence electrons. The van der Waals surface area contributed by atoms with Crippen molar-refractivity contribution in [2.75, 3.05) is 6.61 Å². The average Bonchev–Trinajstić information content (AvgIpc) is 2.35. The second-order valence-electron chi connectivity index (χ2n) is 4.19. The monoisotopic (exact) mass is 327 g/mol. The Morgan fingerprint density at radius 2 is 2.26 bits per heavy atom. The lowest BCUT2D eigenvalue weighted by Gasteiger charge is -2.15. The average molecular weight is 328 g/mol. The van der Waals surface area contributed by atoms with Gasteiger partial charge in [-0.1, -0.05) is 0 Å². The molecule has 19 heavy (non-hydrogen) atoms. The molecule has 1 N–H and O–H groups in total. The minimum absolute atomic E-state index is 0.0523. The number of hydrogen-bond donors (Lipinski definition) is 1. The first kappa shape index (κ1) is 15.4. The number of hydrogen-bond acceptors (Lipinski definition) is 5. The molecule has 0 bridgehead atoms. The van der Waals surface area contributed by atoms with Crippen molar-refractivity contribution >= 4 is 21.6 Å². The van der Waals surface area contributed by atoms with Crippen LogP contribution in [0, 0.1) is 21.4 Å². The predicted molar refractivity (Wildman–Crippen MR) is 74.0 cm³/mol. The summed E-state index contributed by atoms with van der Waals surface area (Å²) < 4.78 is 6.06. The molecule has 1 atom stereocenters. The normalized spacial score (nSPS) is 11.9. The van der Waals surface area contributed by atoms with Gasteiger partial charge in [0.25, 0.3) is 5.69 Å². The van der Waals surface area contributed by atoms with Gasteiger partial charge in [-0.15, -0.1) is 0 Å². The van der Waals surface area contributed by atoms with Gasteiger partial charge in [0.15, 0.2) is 0 Å². The maximum absolute atomic E-state index is 10.7. The third kappa shape index (κ3) is 4.85. The molecule has 0 amide bonds. The molecule has 0 saturated carbocycles. The summed E-state index contributed by atoms with van der Waals surface area (Å²) >= 11 is 3.25. The van der Waals surface area contributed by atoms with E-state index in [4.69, 9.17) is 10.00 Å². The molecule has 0 heterocycles. The van der Waals surface area contributed by atoms with Gasteiger partial charge in [0.05, 0.1) is 21.5 Å². The number of non-ortho nitro benzene ring substituents is 1. The fraction of sp³-hybridized carbons (Fsp3) is 0.417. The van der Waals surface area contributed by atoms with Crippen molar-refractivity contribution in [2.24, 2.45) is 0 Å². The van der Waals surface area contributed by atoms with Crippen molar-refractivity contribution in [2.45, 2.75) is 25.9 Å². The van der Waals surface area contributed by atoms with Gasteiger partial charge in [-0.05, 0) is 35.8 Å². The van der Waals surface area contributed by atoms with Crippen LogP contribution in [-0.2, 0) is 0 Å². The Balaban J connectivity index is 2.74. The molecule has 1 aromatic carbocycles. The first-order chi connectivity index (χ1) is 8.93. The van der Waals surface area contributed by atoms with Gasteiger partial charge in [-0.25, -0.2) is 0 Å². The Morgan fingerprint density at radius 1 is 1.58 bits per heavy atom. The van der Waals surface area contributed by atoms with Crippen molar-refractivity contribution in [1.82, 2.24) is 5.32 Å². The number of ether oxygens (including phenoxy) is 1. The summed E-state index contributed by atoms with van der Waals surface area (Å²) in [5.41, 5.74) is -0.0523. The number of nitrogens with zero attached hydrogens (tertiary/aromatic N) is 2. The molecule has 1 rings (SSSR count). The van der Waals surface area contributed by atoms with Gasteiger partial charge < -0.3 is 4.74 Å². The molecular formula is C12H14BrN3O3. The van der Waals surface area contributed by atoms with E-state index in [1.54, 1.807) is 6.07 Å². The van der Waals surface area contributed by atoms with Crippen LogP contribution in [-0.4, -0.2) is 23.6 Å². The zero-order valence-electron chi connectivity index (χ0n) is 10.6. The Hall–Kier alpha value is -1.65. The summed E-state index contributed by atoms with van der Waals surface area (Å²) in [5, 5.41) is 22.6. The molecule has 0 aliphatic rings. The summed E-state index contributed by atoms with van der Waals surface area (Å²) in [7, 11) is 0. The van der Waals surface area contributed by atoms with Crippen molar-refractivity contribution in [1.29, 1.82) is 5.26 Å². The molecule has 0 aromatic heterocycles. The molecular weight excluding hydrogens is 314 g/mol. The predicted octanol–water partition coefficient (Wildman–Crippen LogP) is 2.63. The van der Waals surface area contributed by atoms with Gasteiger partial charge in [0.2, 0.25) is 0 Å². The molecule has 0 aliphatic heterocycles. The summed E-state index contributed by atoms with van der Waals surface area (Å²) in [4.78, 5) is 10.2. The van der Waals surface area contributed by atoms with Crippen molar-refractivity contribution in [3.05, 3.63) is 32.8 Å². The minimum Gasteiger partial charge on any atom is -0.489 e. The smallest absolute Gasteiger partial charge is 0.273 e. The molecule has 7 heteroatoms. The van der Waals surface area contributed by atoms with Gasteiger partial charge in [0, 0.05) is 12.1 Å². The van der Waals surface area contributed by atoms with Crippen LogP contribution in [0.15, 0.2) is 22.7 Å². The van der Waals surface area contributed by atoms with Crippen LogP contribution in [0.2, 0.25) is 0 Å². The highest BCUT2D eigenvalue weighted by molar-refractivity contribution is 9.10. The van der Waals surface area contributed by atoms with Crippen LogP contribution in [0.1, 0.15) is 13.8 Å². The zero-order valence-corrected chi connectivity index (χ0v) is 12.2. The molecule has 0 fully saturated rings. The number of halogens is 1. The van der Waals surface area contributed by atoms with Crippen molar-refractivity contribution in [3.63, 3.8) is 0 Å². The highest BCUT2D eigenvalue weighted by Gasteiger charge is 2.13. The van der Waals surface area contributed by atoms with E-state index in [2.05, 4.69) is 27.3 Å². The van der Waals surface area contributed by atoms with Crippen molar-refractivity contribution in [3.8, 4) is 11.8 Å².